The molecule has 1 aromatic heterocycles. The van der Waals surface area contributed by atoms with Crippen LogP contribution in [0.4, 0.5) is 0 Å². The summed E-state index contributed by atoms with van der Waals surface area (Å²) < 4.78 is 0. The number of hydrogen-bond donors (Lipinski definition) is 0. The van der Waals surface area contributed by atoms with Gasteiger partial charge in [0.1, 0.15) is 0 Å². The number of rotatable bonds is 4. The minimum absolute atomic E-state index is 0.117. The molecule has 25 heavy (non-hydrogen) atoms. The van der Waals surface area contributed by atoms with Crippen molar-refractivity contribution in [3.8, 4) is 11.3 Å². The molecule has 0 fully saturated rings. The van der Waals surface area contributed by atoms with Crippen LogP contribution in [0.15, 0.2) is 48.5 Å². The Hall–Kier alpha value is -2.46. The Morgan fingerprint density at radius 2 is 1.80 bits per heavy atom. The maximum atomic E-state index is 12.8. The van der Waals surface area contributed by atoms with Crippen LogP contribution in [-0.2, 0) is 0 Å². The lowest BCUT2D eigenvalue weighted by Crippen LogP contribution is -2.35. The Morgan fingerprint density at radius 3 is 2.52 bits per heavy atom. The molecule has 4 nitrogen and oxygen atoms in total. The first-order chi connectivity index (χ1) is 12.0. The summed E-state index contributed by atoms with van der Waals surface area (Å²) in [5, 5.41) is 1.47. The lowest BCUT2D eigenvalue weighted by atomic mass is 10.1. The number of benzene rings is 2. The zero-order valence-corrected chi connectivity index (χ0v) is 15.3. The van der Waals surface area contributed by atoms with Crippen molar-refractivity contribution < 1.29 is 4.79 Å². The molecule has 0 saturated heterocycles. The van der Waals surface area contributed by atoms with Crippen molar-refractivity contribution in [2.24, 2.45) is 0 Å². The summed E-state index contributed by atoms with van der Waals surface area (Å²) in [7, 11) is 1.78. The van der Waals surface area contributed by atoms with Gasteiger partial charge in [-0.05, 0) is 25.5 Å². The molecular formula is C20H20ClN3O. The lowest BCUT2D eigenvalue weighted by Gasteiger charge is -2.23. The molecule has 0 spiro atoms. The third kappa shape index (κ3) is 3.35. The summed E-state index contributed by atoms with van der Waals surface area (Å²) in [5.41, 5.74) is 2.20. The predicted molar refractivity (Wildman–Crippen MR) is 102 cm³/mol. The highest BCUT2D eigenvalue weighted by atomic mass is 35.5. The summed E-state index contributed by atoms with van der Waals surface area (Å²) in [6.45, 7) is 4.05. The molecule has 5 heteroatoms. The molecule has 3 aromatic rings. The number of para-hydroxylation sites is 1. The number of amides is 1. The van der Waals surface area contributed by atoms with Crippen molar-refractivity contribution >= 4 is 28.4 Å². The van der Waals surface area contributed by atoms with E-state index in [2.05, 4.69) is 9.97 Å². The third-order valence-electron chi connectivity index (χ3n) is 4.50. The monoisotopic (exact) mass is 352 g/mol. The van der Waals surface area contributed by atoms with Gasteiger partial charge in [0.2, 0.25) is 5.82 Å². The molecule has 1 heterocycles. The largest absolute Gasteiger partial charge is 0.336 e. The van der Waals surface area contributed by atoms with Gasteiger partial charge >= 0.3 is 0 Å². The Bertz CT molecular complexity index is 926. The summed E-state index contributed by atoms with van der Waals surface area (Å²) in [6.07, 6.45) is 0.868. The fourth-order valence-electron chi connectivity index (χ4n) is 2.66. The van der Waals surface area contributed by atoms with Crippen molar-refractivity contribution in [3.63, 3.8) is 0 Å². The standard InChI is InChI=1S/C20H20ClN3O/c1-4-13(2)24(3)20(25)19-22-17-12-8-6-10-15(17)18(23-19)14-9-5-7-11-16(14)21/h5-13H,4H2,1-3H3/t13-/m0/s1/i3-1. The quantitative estimate of drug-likeness (QED) is 0.676. The van der Waals surface area contributed by atoms with E-state index in [0.717, 1.165) is 22.9 Å². The van der Waals surface area contributed by atoms with E-state index in [1.54, 1.807) is 11.9 Å². The molecule has 0 bridgehead atoms. The highest BCUT2D eigenvalue weighted by Crippen LogP contribution is 2.31. The van der Waals surface area contributed by atoms with Crippen molar-refractivity contribution in [1.29, 1.82) is 0 Å². The Morgan fingerprint density at radius 1 is 1.12 bits per heavy atom. The zero-order chi connectivity index (χ0) is 18.0. The second-order valence-electron chi connectivity index (χ2n) is 6.07. The number of aromatic nitrogens is 2. The van der Waals surface area contributed by atoms with E-state index in [1.165, 1.54) is 0 Å². The molecule has 1 amide bonds. The summed E-state index contributed by atoms with van der Waals surface area (Å²) in [6, 6.07) is 15.3. The van der Waals surface area contributed by atoms with E-state index < -0.39 is 0 Å². The SMILES string of the molecule is CC[C@H](C)N([11CH3])C(=O)c1nc(-c2ccccc2Cl)c2ccccc2n1. The Kier molecular flexibility index (Phi) is 5.00. The van der Waals surface area contributed by atoms with Gasteiger partial charge in [-0.3, -0.25) is 4.79 Å². The third-order valence-corrected chi connectivity index (χ3v) is 4.83. The van der Waals surface area contributed by atoms with E-state index in [0.29, 0.717) is 10.7 Å². The summed E-state index contributed by atoms with van der Waals surface area (Å²) in [4.78, 5) is 23.6. The molecule has 0 N–H and O–H groups in total. The van der Waals surface area contributed by atoms with Crippen LogP contribution in [0.2, 0.25) is 5.02 Å². The molecule has 0 unspecified atom stereocenters. The molecule has 0 aliphatic heterocycles. The smallest absolute Gasteiger partial charge is 0.291 e. The fraction of sp³-hybridized carbons (Fsp3) is 0.250. The van der Waals surface area contributed by atoms with Gasteiger partial charge in [-0.25, -0.2) is 9.97 Å². The van der Waals surface area contributed by atoms with Gasteiger partial charge in [0, 0.05) is 29.1 Å². The molecule has 0 aliphatic rings. The Balaban J connectivity index is 2.20. The highest BCUT2D eigenvalue weighted by Gasteiger charge is 2.21. The minimum atomic E-state index is -0.187. The molecule has 0 aliphatic carbocycles. The molecule has 2 aromatic carbocycles. The zero-order valence-electron chi connectivity index (χ0n) is 14.5. The normalized spacial score (nSPS) is 12.2. The molecule has 0 radical (unpaired) electrons. The van der Waals surface area contributed by atoms with Crippen molar-refractivity contribution in [2.75, 3.05) is 7.05 Å². The van der Waals surface area contributed by atoms with E-state index >= 15 is 0 Å². The second-order valence-corrected chi connectivity index (χ2v) is 6.47. The van der Waals surface area contributed by atoms with Crippen LogP contribution in [0.25, 0.3) is 22.2 Å². The lowest BCUT2D eigenvalue weighted by molar-refractivity contribution is 0.0728. The van der Waals surface area contributed by atoms with Gasteiger partial charge < -0.3 is 4.90 Å². The average Bonchev–Trinajstić information content (AvgIpc) is 2.65. The number of fused-ring (bicyclic) bond motifs is 1. The second kappa shape index (κ2) is 7.19. The number of carbonyl (C=O) groups is 1. The molecular weight excluding hydrogens is 333 g/mol. The van der Waals surface area contributed by atoms with Crippen LogP contribution in [0.3, 0.4) is 0 Å². The van der Waals surface area contributed by atoms with Gasteiger partial charge in [0.25, 0.3) is 5.91 Å². The average molecular weight is 353 g/mol. The van der Waals surface area contributed by atoms with E-state index in [4.69, 9.17) is 11.6 Å². The van der Waals surface area contributed by atoms with Crippen molar-refractivity contribution in [1.82, 2.24) is 14.9 Å². The number of nitrogens with zero attached hydrogens (tertiary/aromatic N) is 3. The van der Waals surface area contributed by atoms with Gasteiger partial charge in [-0.1, -0.05) is 54.9 Å². The molecule has 1 atom stereocenters. The number of carbonyl (C=O) groups excluding carboxylic acids is 1. The summed E-state index contributed by atoms with van der Waals surface area (Å²) in [5.74, 6) is 0.00447. The van der Waals surface area contributed by atoms with Crippen molar-refractivity contribution in [3.05, 3.63) is 59.4 Å². The molecule has 3 rings (SSSR count). The van der Waals surface area contributed by atoms with E-state index in [9.17, 15) is 4.79 Å². The van der Waals surface area contributed by atoms with Gasteiger partial charge in [0.15, 0.2) is 0 Å². The first-order valence-electron chi connectivity index (χ1n) is 8.31. The van der Waals surface area contributed by atoms with Crippen molar-refractivity contribution in [2.45, 2.75) is 26.3 Å². The number of hydrogen-bond acceptors (Lipinski definition) is 3. The summed E-state index contributed by atoms with van der Waals surface area (Å²) >= 11 is 6.37. The highest BCUT2D eigenvalue weighted by molar-refractivity contribution is 6.33. The van der Waals surface area contributed by atoms with Crippen LogP contribution in [0.1, 0.15) is 30.9 Å². The van der Waals surface area contributed by atoms with Crippen LogP contribution < -0.4 is 0 Å². The predicted octanol–water partition coefficient (Wildman–Crippen LogP) is 4.82. The topological polar surface area (TPSA) is 46.1 Å². The van der Waals surface area contributed by atoms with Crippen LogP contribution in [0.5, 0.6) is 0 Å². The van der Waals surface area contributed by atoms with Gasteiger partial charge in [-0.15, -0.1) is 0 Å². The Labute approximate surface area is 152 Å². The maximum Gasteiger partial charge on any atom is 0.291 e. The molecule has 128 valence electrons. The minimum Gasteiger partial charge on any atom is -0.336 e. The van der Waals surface area contributed by atoms with Crippen LogP contribution in [0, 0.1) is 0 Å². The van der Waals surface area contributed by atoms with Crippen LogP contribution >= 0.6 is 11.6 Å². The van der Waals surface area contributed by atoms with E-state index in [-0.39, 0.29) is 17.8 Å². The van der Waals surface area contributed by atoms with Gasteiger partial charge in [-0.2, -0.15) is 0 Å². The van der Waals surface area contributed by atoms with Gasteiger partial charge in [0.05, 0.1) is 11.2 Å². The fourth-order valence-corrected chi connectivity index (χ4v) is 2.89. The molecule has 0 saturated carbocycles. The first-order valence-corrected chi connectivity index (χ1v) is 8.69. The maximum absolute atomic E-state index is 12.8. The van der Waals surface area contributed by atoms with E-state index in [1.807, 2.05) is 62.4 Å². The number of halogens is 1. The van der Waals surface area contributed by atoms with Crippen LogP contribution in [-0.4, -0.2) is 33.9 Å². The first kappa shape index (κ1) is 17.4.